The first-order valence-corrected chi connectivity index (χ1v) is 5.04. The molecule has 0 radical (unpaired) electrons. The fraction of sp³-hybridized carbons (Fsp3) is 0.300. The van der Waals surface area contributed by atoms with Crippen LogP contribution in [-0.2, 0) is 4.74 Å². The molecule has 1 heterocycles. The summed E-state index contributed by atoms with van der Waals surface area (Å²) in [5, 5.41) is 1.70. The molecule has 0 spiro atoms. The number of alkyl halides is 2. The van der Waals surface area contributed by atoms with Crippen molar-refractivity contribution in [2.45, 2.75) is 12.0 Å². The normalized spacial score (nSPS) is 22.8. The van der Waals surface area contributed by atoms with Gasteiger partial charge in [0.15, 0.2) is 6.61 Å². The van der Waals surface area contributed by atoms with Gasteiger partial charge in [-0.2, -0.15) is 0 Å². The summed E-state index contributed by atoms with van der Waals surface area (Å²) in [5.74, 6) is -3.98. The monoisotopic (exact) mass is 265 g/mol. The van der Waals surface area contributed by atoms with Crippen LogP contribution in [0.4, 0.5) is 18.0 Å². The molecule has 7 heteroatoms. The summed E-state index contributed by atoms with van der Waals surface area (Å²) in [6.45, 7) is -1.02. The summed E-state index contributed by atoms with van der Waals surface area (Å²) < 4.78 is 44.1. The Bertz CT molecular complexity index is 467. The predicted molar refractivity (Wildman–Crippen MR) is 53.6 cm³/mol. The van der Waals surface area contributed by atoms with E-state index < -0.39 is 30.5 Å². The number of ether oxygens (including phenoxy) is 1. The van der Waals surface area contributed by atoms with Gasteiger partial charge in [0.1, 0.15) is 11.9 Å². The first-order chi connectivity index (χ1) is 7.90. The Morgan fingerprint density at radius 2 is 2.18 bits per heavy atom. The molecular formula is C10H7ClF3NO2. The lowest BCUT2D eigenvalue weighted by Gasteiger charge is -2.31. The van der Waals surface area contributed by atoms with Gasteiger partial charge in [-0.25, -0.2) is 18.0 Å². The quantitative estimate of drug-likeness (QED) is 0.848. The van der Waals surface area contributed by atoms with Gasteiger partial charge in [-0.15, -0.1) is 0 Å². The SMILES string of the molecule is O=C1N[C@H](c2ccc(F)c(Cl)c2)C(F)(F)CO1. The summed E-state index contributed by atoms with van der Waals surface area (Å²) in [6, 6.07) is 1.60. The highest BCUT2D eigenvalue weighted by atomic mass is 35.5. The first-order valence-electron chi connectivity index (χ1n) is 4.66. The zero-order valence-corrected chi connectivity index (χ0v) is 9.10. The second kappa shape index (κ2) is 4.10. The predicted octanol–water partition coefficient (Wildman–Crippen LogP) is 2.90. The van der Waals surface area contributed by atoms with E-state index in [4.69, 9.17) is 11.6 Å². The summed E-state index contributed by atoms with van der Waals surface area (Å²) in [4.78, 5) is 10.9. The molecule has 1 aliphatic heterocycles. The van der Waals surface area contributed by atoms with Crippen LogP contribution in [0.15, 0.2) is 18.2 Å². The lowest BCUT2D eigenvalue weighted by molar-refractivity contribution is -0.104. The average Bonchev–Trinajstić information content (AvgIpc) is 2.26. The Morgan fingerprint density at radius 3 is 2.82 bits per heavy atom. The lowest BCUT2D eigenvalue weighted by Crippen LogP contribution is -2.49. The van der Waals surface area contributed by atoms with Gasteiger partial charge in [0.2, 0.25) is 0 Å². The lowest BCUT2D eigenvalue weighted by atomic mass is 10.0. The van der Waals surface area contributed by atoms with Crippen molar-refractivity contribution in [2.24, 2.45) is 0 Å². The molecule has 0 aliphatic carbocycles. The van der Waals surface area contributed by atoms with Crippen LogP contribution in [0, 0.1) is 5.82 Å². The minimum Gasteiger partial charge on any atom is -0.443 e. The largest absolute Gasteiger partial charge is 0.443 e. The minimum absolute atomic E-state index is 0.0260. The van der Waals surface area contributed by atoms with Crippen LogP contribution in [0.25, 0.3) is 0 Å². The van der Waals surface area contributed by atoms with Crippen LogP contribution in [0.5, 0.6) is 0 Å². The Morgan fingerprint density at radius 1 is 1.47 bits per heavy atom. The molecular weight excluding hydrogens is 259 g/mol. The number of amides is 1. The molecule has 1 amide bonds. The van der Waals surface area contributed by atoms with Gasteiger partial charge in [0, 0.05) is 0 Å². The number of rotatable bonds is 1. The highest BCUT2D eigenvalue weighted by Crippen LogP contribution is 2.35. The second-order valence-corrected chi connectivity index (χ2v) is 4.00. The maximum atomic E-state index is 13.5. The number of hydrogen-bond donors (Lipinski definition) is 1. The molecule has 0 bridgehead atoms. The molecule has 17 heavy (non-hydrogen) atoms. The number of halogens is 4. The van der Waals surface area contributed by atoms with Crippen molar-refractivity contribution in [3.05, 3.63) is 34.6 Å². The molecule has 0 aromatic heterocycles. The van der Waals surface area contributed by atoms with E-state index in [0.29, 0.717) is 0 Å². The Labute approximate surface area is 99.5 Å². The fourth-order valence-electron chi connectivity index (χ4n) is 1.53. The van der Waals surface area contributed by atoms with Crippen molar-refractivity contribution >= 4 is 17.7 Å². The third kappa shape index (κ3) is 2.31. The standard InChI is InChI=1S/C10H7ClF3NO2/c11-6-3-5(1-2-7(6)12)8-10(13,14)4-17-9(16)15-8/h1-3,8H,4H2,(H,15,16)/t8-/m1/s1. The van der Waals surface area contributed by atoms with Gasteiger partial charge < -0.3 is 10.1 Å². The van der Waals surface area contributed by atoms with E-state index in [1.807, 2.05) is 5.32 Å². The van der Waals surface area contributed by atoms with Gasteiger partial charge in [0.05, 0.1) is 5.02 Å². The zero-order valence-electron chi connectivity index (χ0n) is 8.34. The van der Waals surface area contributed by atoms with Crippen molar-refractivity contribution < 1.29 is 22.7 Å². The summed E-state index contributed by atoms with van der Waals surface area (Å²) in [5.41, 5.74) is 0.0260. The van der Waals surface area contributed by atoms with Crippen molar-refractivity contribution in [2.75, 3.05) is 6.61 Å². The summed E-state index contributed by atoms with van der Waals surface area (Å²) >= 11 is 5.50. The van der Waals surface area contributed by atoms with Gasteiger partial charge >= 0.3 is 12.0 Å². The van der Waals surface area contributed by atoms with Crippen LogP contribution in [0.2, 0.25) is 5.02 Å². The Kier molecular flexibility index (Phi) is 2.91. The topological polar surface area (TPSA) is 38.3 Å². The number of carbonyl (C=O) groups is 1. The van der Waals surface area contributed by atoms with Crippen LogP contribution < -0.4 is 5.32 Å². The third-order valence-corrected chi connectivity index (χ3v) is 2.65. The molecule has 1 atom stereocenters. The van der Waals surface area contributed by atoms with Gasteiger partial charge in [-0.05, 0) is 17.7 Å². The van der Waals surface area contributed by atoms with Crippen molar-refractivity contribution in [1.82, 2.24) is 5.32 Å². The van der Waals surface area contributed by atoms with Crippen LogP contribution in [-0.4, -0.2) is 18.6 Å². The van der Waals surface area contributed by atoms with Crippen LogP contribution >= 0.6 is 11.6 Å². The average molecular weight is 266 g/mol. The maximum absolute atomic E-state index is 13.5. The molecule has 3 nitrogen and oxygen atoms in total. The second-order valence-electron chi connectivity index (χ2n) is 3.59. The number of alkyl carbamates (subject to hydrolysis) is 1. The molecule has 92 valence electrons. The van der Waals surface area contributed by atoms with Gasteiger partial charge in [0.25, 0.3) is 0 Å². The van der Waals surface area contributed by atoms with E-state index in [1.165, 1.54) is 0 Å². The Balaban J connectivity index is 2.36. The van der Waals surface area contributed by atoms with E-state index >= 15 is 0 Å². The zero-order chi connectivity index (χ0) is 12.6. The fourth-order valence-corrected chi connectivity index (χ4v) is 1.72. The Hall–Kier alpha value is -1.43. The van der Waals surface area contributed by atoms with Gasteiger partial charge in [-0.1, -0.05) is 17.7 Å². The minimum atomic E-state index is -3.27. The highest BCUT2D eigenvalue weighted by molar-refractivity contribution is 6.30. The van der Waals surface area contributed by atoms with E-state index in [1.54, 1.807) is 0 Å². The number of benzene rings is 1. The third-order valence-electron chi connectivity index (χ3n) is 2.36. The highest BCUT2D eigenvalue weighted by Gasteiger charge is 2.46. The van der Waals surface area contributed by atoms with E-state index in [2.05, 4.69) is 4.74 Å². The molecule has 2 rings (SSSR count). The van der Waals surface area contributed by atoms with Crippen molar-refractivity contribution in [3.63, 3.8) is 0 Å². The van der Waals surface area contributed by atoms with E-state index in [-0.39, 0.29) is 10.6 Å². The van der Waals surface area contributed by atoms with E-state index in [9.17, 15) is 18.0 Å². The molecule has 1 aromatic rings. The molecule has 1 saturated heterocycles. The van der Waals surface area contributed by atoms with Crippen molar-refractivity contribution in [3.8, 4) is 0 Å². The molecule has 1 fully saturated rings. The first kappa shape index (κ1) is 12.0. The molecule has 1 aromatic carbocycles. The van der Waals surface area contributed by atoms with Crippen LogP contribution in [0.3, 0.4) is 0 Å². The summed E-state index contributed by atoms with van der Waals surface area (Å²) in [7, 11) is 0. The number of nitrogens with one attached hydrogen (secondary N) is 1. The van der Waals surface area contributed by atoms with Crippen LogP contribution in [0.1, 0.15) is 11.6 Å². The van der Waals surface area contributed by atoms with Crippen molar-refractivity contribution in [1.29, 1.82) is 0 Å². The number of carbonyl (C=O) groups excluding carboxylic acids is 1. The molecule has 1 N–H and O–H groups in total. The molecule has 0 saturated carbocycles. The van der Waals surface area contributed by atoms with Gasteiger partial charge in [-0.3, -0.25) is 0 Å². The molecule has 1 aliphatic rings. The number of hydrogen-bond acceptors (Lipinski definition) is 2. The van der Waals surface area contributed by atoms with E-state index in [0.717, 1.165) is 18.2 Å². The summed E-state index contributed by atoms with van der Waals surface area (Å²) in [6.07, 6.45) is -0.943. The smallest absolute Gasteiger partial charge is 0.408 e. The molecule has 0 unspecified atom stereocenters. The maximum Gasteiger partial charge on any atom is 0.408 e. The number of cyclic esters (lactones) is 1.